The minimum Gasteiger partial charge on any atom is -0.480 e. The first-order chi connectivity index (χ1) is 12.5. The van der Waals surface area contributed by atoms with Gasteiger partial charge in [-0.15, -0.1) is 0 Å². The van der Waals surface area contributed by atoms with Gasteiger partial charge in [0.1, 0.15) is 12.4 Å². The molecule has 0 bridgehead atoms. The molecule has 0 spiro atoms. The third-order valence-electron chi connectivity index (χ3n) is 4.38. The molecule has 3 rings (SSSR count). The Hall–Kier alpha value is -2.74. The fraction of sp³-hybridized carbons (Fsp3) is 0.389. The minimum absolute atomic E-state index is 0.166. The molecule has 1 heterocycles. The van der Waals surface area contributed by atoms with Crippen molar-refractivity contribution >= 4 is 11.9 Å². The molecule has 0 unspecified atom stereocenters. The van der Waals surface area contributed by atoms with Crippen LogP contribution in [0.3, 0.4) is 0 Å². The van der Waals surface area contributed by atoms with Gasteiger partial charge in [-0.25, -0.2) is 9.07 Å². The van der Waals surface area contributed by atoms with E-state index in [0.717, 1.165) is 24.1 Å². The highest BCUT2D eigenvalue weighted by molar-refractivity contribution is 5.96. The van der Waals surface area contributed by atoms with Gasteiger partial charge in [0.05, 0.1) is 12.3 Å². The van der Waals surface area contributed by atoms with E-state index in [1.807, 2.05) is 0 Å². The van der Waals surface area contributed by atoms with Crippen LogP contribution in [0.15, 0.2) is 24.3 Å². The molecule has 0 fully saturated rings. The average Bonchev–Trinajstić information content (AvgIpc) is 3.21. The predicted molar refractivity (Wildman–Crippen MR) is 91.0 cm³/mol. The number of halogens is 1. The zero-order valence-electron chi connectivity index (χ0n) is 14.4. The fourth-order valence-electron chi connectivity index (χ4n) is 3.17. The van der Waals surface area contributed by atoms with Gasteiger partial charge in [-0.1, -0.05) is 0 Å². The minimum atomic E-state index is -1.09. The van der Waals surface area contributed by atoms with Crippen LogP contribution in [0.4, 0.5) is 4.39 Å². The van der Waals surface area contributed by atoms with Gasteiger partial charge in [0.25, 0.3) is 5.91 Å². The van der Waals surface area contributed by atoms with Crippen molar-refractivity contribution in [1.29, 1.82) is 0 Å². The van der Waals surface area contributed by atoms with Crippen LogP contribution in [-0.2, 0) is 22.4 Å². The zero-order valence-corrected chi connectivity index (χ0v) is 14.4. The molecule has 0 saturated carbocycles. The maximum Gasteiger partial charge on any atom is 0.323 e. The Labute approximate surface area is 150 Å². The number of carboxylic acid groups (broad SMARTS) is 1. The van der Waals surface area contributed by atoms with Gasteiger partial charge in [-0.3, -0.25) is 9.59 Å². The average molecular weight is 361 g/mol. The number of amides is 1. The number of carboxylic acids is 1. The molecule has 0 atom stereocenters. The van der Waals surface area contributed by atoms with Crippen molar-refractivity contribution < 1.29 is 23.8 Å². The Morgan fingerprint density at radius 1 is 1.31 bits per heavy atom. The Bertz CT molecular complexity index is 817. The van der Waals surface area contributed by atoms with Crippen LogP contribution in [-0.4, -0.2) is 58.5 Å². The molecule has 0 aliphatic heterocycles. The first-order valence-electron chi connectivity index (χ1n) is 8.38. The lowest BCUT2D eigenvalue weighted by Crippen LogP contribution is -2.38. The molecular formula is C18H20FN3O4. The second-order valence-electron chi connectivity index (χ2n) is 6.13. The quantitative estimate of drug-likeness (QED) is 0.811. The highest BCUT2D eigenvalue weighted by atomic mass is 19.1. The SMILES string of the molecule is COCCN(CC(=O)O)C(=O)c1nn(-c2ccc(F)cc2)c2c1CCC2. The summed E-state index contributed by atoms with van der Waals surface area (Å²) in [4.78, 5) is 25.2. The maximum atomic E-state index is 13.2. The molecule has 1 aliphatic carbocycles. The molecule has 8 heteroatoms. The van der Waals surface area contributed by atoms with E-state index in [9.17, 15) is 14.0 Å². The molecule has 2 aromatic rings. The van der Waals surface area contributed by atoms with Crippen molar-refractivity contribution in [2.45, 2.75) is 19.3 Å². The molecular weight excluding hydrogens is 341 g/mol. The number of carbonyl (C=O) groups is 2. The molecule has 7 nitrogen and oxygen atoms in total. The number of hydrogen-bond donors (Lipinski definition) is 1. The van der Waals surface area contributed by atoms with Gasteiger partial charge < -0.3 is 14.7 Å². The second-order valence-corrected chi connectivity index (χ2v) is 6.13. The molecule has 138 valence electrons. The zero-order chi connectivity index (χ0) is 18.7. The maximum absolute atomic E-state index is 13.2. The fourth-order valence-corrected chi connectivity index (χ4v) is 3.17. The van der Waals surface area contributed by atoms with Crippen molar-refractivity contribution in [1.82, 2.24) is 14.7 Å². The predicted octanol–water partition coefficient (Wildman–Crippen LogP) is 1.67. The molecule has 1 aliphatic rings. The Balaban J connectivity index is 1.96. The van der Waals surface area contributed by atoms with E-state index in [1.165, 1.54) is 24.1 Å². The van der Waals surface area contributed by atoms with Crippen LogP contribution in [0.5, 0.6) is 0 Å². The first kappa shape index (κ1) is 18.1. The summed E-state index contributed by atoms with van der Waals surface area (Å²) in [6.07, 6.45) is 2.37. The number of aliphatic carboxylic acids is 1. The van der Waals surface area contributed by atoms with Crippen molar-refractivity contribution in [3.05, 3.63) is 47.0 Å². The summed E-state index contributed by atoms with van der Waals surface area (Å²) in [6, 6.07) is 5.90. The van der Waals surface area contributed by atoms with E-state index < -0.39 is 18.4 Å². The largest absolute Gasteiger partial charge is 0.480 e. The number of ether oxygens (including phenoxy) is 1. The summed E-state index contributed by atoms with van der Waals surface area (Å²) in [6.45, 7) is -0.0138. The van der Waals surface area contributed by atoms with Crippen molar-refractivity contribution in [2.24, 2.45) is 0 Å². The standard InChI is InChI=1S/C18H20FN3O4/c1-26-10-9-21(11-16(23)24)18(25)17-14-3-2-4-15(14)22(20-17)13-7-5-12(19)6-8-13/h5-8H,2-4,9-11H2,1H3,(H,23,24). The van der Waals surface area contributed by atoms with Crippen LogP contribution in [0.25, 0.3) is 5.69 Å². The number of benzene rings is 1. The van der Waals surface area contributed by atoms with Crippen LogP contribution < -0.4 is 0 Å². The topological polar surface area (TPSA) is 84.7 Å². The van der Waals surface area contributed by atoms with Gasteiger partial charge in [0.15, 0.2) is 5.69 Å². The van der Waals surface area contributed by atoms with Gasteiger partial charge in [-0.05, 0) is 43.5 Å². The lowest BCUT2D eigenvalue weighted by molar-refractivity contribution is -0.137. The molecule has 1 amide bonds. The third-order valence-corrected chi connectivity index (χ3v) is 4.38. The Morgan fingerprint density at radius 3 is 2.69 bits per heavy atom. The summed E-state index contributed by atoms with van der Waals surface area (Å²) in [5.41, 5.74) is 2.69. The number of fused-ring (bicyclic) bond motifs is 1. The first-order valence-corrected chi connectivity index (χ1v) is 8.38. The van der Waals surface area contributed by atoms with Crippen molar-refractivity contribution in [3.63, 3.8) is 0 Å². The van der Waals surface area contributed by atoms with Gasteiger partial charge in [-0.2, -0.15) is 5.10 Å². The van der Waals surface area contributed by atoms with Gasteiger partial charge in [0.2, 0.25) is 0 Å². The highest BCUT2D eigenvalue weighted by Crippen LogP contribution is 2.28. The lowest BCUT2D eigenvalue weighted by Gasteiger charge is -2.19. The number of methoxy groups -OCH3 is 1. The van der Waals surface area contributed by atoms with E-state index in [-0.39, 0.29) is 24.7 Å². The van der Waals surface area contributed by atoms with Crippen LogP contribution in [0.2, 0.25) is 0 Å². The number of aromatic nitrogens is 2. The lowest BCUT2D eigenvalue weighted by atomic mass is 10.2. The number of nitrogens with zero attached hydrogens (tertiary/aromatic N) is 3. The van der Waals surface area contributed by atoms with Crippen LogP contribution in [0, 0.1) is 5.82 Å². The van der Waals surface area contributed by atoms with E-state index in [0.29, 0.717) is 12.1 Å². The molecule has 1 aromatic heterocycles. The third kappa shape index (κ3) is 3.60. The Kier molecular flexibility index (Phi) is 5.32. The van der Waals surface area contributed by atoms with Crippen molar-refractivity contribution in [2.75, 3.05) is 26.8 Å². The number of hydrogen-bond acceptors (Lipinski definition) is 4. The highest BCUT2D eigenvalue weighted by Gasteiger charge is 2.30. The molecule has 0 radical (unpaired) electrons. The molecule has 1 N–H and O–H groups in total. The van der Waals surface area contributed by atoms with Crippen molar-refractivity contribution in [3.8, 4) is 5.69 Å². The van der Waals surface area contributed by atoms with Crippen LogP contribution >= 0.6 is 0 Å². The molecule has 26 heavy (non-hydrogen) atoms. The number of rotatable bonds is 7. The summed E-state index contributed by atoms with van der Waals surface area (Å²) >= 11 is 0. The summed E-state index contributed by atoms with van der Waals surface area (Å²) < 4.78 is 19.8. The monoisotopic (exact) mass is 361 g/mol. The Morgan fingerprint density at radius 2 is 2.04 bits per heavy atom. The summed E-state index contributed by atoms with van der Waals surface area (Å²) in [7, 11) is 1.49. The second kappa shape index (κ2) is 7.65. The van der Waals surface area contributed by atoms with E-state index in [4.69, 9.17) is 9.84 Å². The van der Waals surface area contributed by atoms with E-state index >= 15 is 0 Å². The normalized spacial score (nSPS) is 12.8. The van der Waals surface area contributed by atoms with Gasteiger partial charge >= 0.3 is 5.97 Å². The molecule has 0 saturated heterocycles. The smallest absolute Gasteiger partial charge is 0.323 e. The summed E-state index contributed by atoms with van der Waals surface area (Å²) in [5, 5.41) is 13.5. The van der Waals surface area contributed by atoms with E-state index in [2.05, 4.69) is 5.10 Å². The van der Waals surface area contributed by atoms with Crippen LogP contribution in [0.1, 0.15) is 28.2 Å². The van der Waals surface area contributed by atoms with E-state index in [1.54, 1.807) is 16.8 Å². The summed E-state index contributed by atoms with van der Waals surface area (Å²) in [5.74, 6) is -1.87. The molecule has 1 aromatic carbocycles. The number of carbonyl (C=O) groups excluding carboxylic acids is 1. The van der Waals surface area contributed by atoms with Gasteiger partial charge in [0, 0.05) is 24.9 Å².